The number of rotatable bonds is 6. The summed E-state index contributed by atoms with van der Waals surface area (Å²) in [4.78, 5) is 32.2. The van der Waals surface area contributed by atoms with Crippen LogP contribution in [-0.2, 0) is 4.79 Å². The highest BCUT2D eigenvalue weighted by Gasteiger charge is 2.17. The number of aliphatic hydroxyl groups excluding tert-OH is 1. The summed E-state index contributed by atoms with van der Waals surface area (Å²) < 4.78 is 0.374. The Hall–Kier alpha value is -2.00. The molecule has 0 fully saturated rings. The van der Waals surface area contributed by atoms with Gasteiger partial charge in [0.1, 0.15) is 0 Å². The highest BCUT2D eigenvalue weighted by atomic mass is 79.9. The highest BCUT2D eigenvalue weighted by Crippen LogP contribution is 2.22. The minimum Gasteiger partial charge on any atom is -0.479 e. The minimum atomic E-state index is -1.57. The molecule has 1 aromatic rings. The average Bonchev–Trinajstić information content (AvgIpc) is 2.38. The van der Waals surface area contributed by atoms with Crippen LogP contribution in [0.4, 0.5) is 5.69 Å². The summed E-state index contributed by atoms with van der Waals surface area (Å²) in [5, 5.41) is 30.5. The van der Waals surface area contributed by atoms with Gasteiger partial charge in [-0.3, -0.25) is 14.9 Å². The van der Waals surface area contributed by atoms with E-state index in [4.69, 9.17) is 10.2 Å². The molecule has 0 bridgehead atoms. The highest BCUT2D eigenvalue weighted by molar-refractivity contribution is 9.10. The number of carboxylic acids is 1. The largest absolute Gasteiger partial charge is 0.479 e. The molecule has 0 aliphatic heterocycles. The fourth-order valence-electron chi connectivity index (χ4n) is 1.34. The molecule has 0 saturated heterocycles. The number of nitrogens with one attached hydrogen (secondary N) is 1. The van der Waals surface area contributed by atoms with Crippen molar-refractivity contribution < 1.29 is 24.7 Å². The predicted octanol–water partition coefficient (Wildman–Crippen LogP) is 0.923. The number of aliphatic carboxylic acids is 1. The summed E-state index contributed by atoms with van der Waals surface area (Å²) >= 11 is 3.10. The maximum Gasteiger partial charge on any atom is 0.332 e. The molecule has 1 amide bonds. The molecule has 0 spiro atoms. The fourth-order valence-corrected chi connectivity index (χ4v) is 1.77. The van der Waals surface area contributed by atoms with Crippen molar-refractivity contribution in [1.29, 1.82) is 0 Å². The first-order chi connectivity index (χ1) is 9.32. The average molecular weight is 347 g/mol. The van der Waals surface area contributed by atoms with Crippen molar-refractivity contribution in [1.82, 2.24) is 5.32 Å². The Balaban J connectivity index is 2.70. The van der Waals surface area contributed by atoms with Crippen LogP contribution >= 0.6 is 15.9 Å². The van der Waals surface area contributed by atoms with Crippen molar-refractivity contribution >= 4 is 33.5 Å². The molecule has 0 unspecified atom stereocenters. The van der Waals surface area contributed by atoms with E-state index in [1.54, 1.807) is 0 Å². The second-order valence-corrected chi connectivity index (χ2v) is 4.67. The van der Waals surface area contributed by atoms with Crippen molar-refractivity contribution in [3.05, 3.63) is 38.3 Å². The number of benzene rings is 1. The first kappa shape index (κ1) is 16.1. The predicted molar refractivity (Wildman–Crippen MR) is 71.4 cm³/mol. The maximum atomic E-state index is 11.8. The first-order valence-corrected chi connectivity index (χ1v) is 6.25. The lowest BCUT2D eigenvalue weighted by atomic mass is 10.2. The van der Waals surface area contributed by atoms with Crippen LogP contribution in [0, 0.1) is 10.1 Å². The van der Waals surface area contributed by atoms with Crippen molar-refractivity contribution in [2.24, 2.45) is 0 Å². The zero-order valence-electron chi connectivity index (χ0n) is 10.1. The molecule has 3 N–H and O–H groups in total. The first-order valence-electron chi connectivity index (χ1n) is 5.46. The van der Waals surface area contributed by atoms with Gasteiger partial charge < -0.3 is 15.5 Å². The molecule has 0 saturated carbocycles. The number of nitro benzene ring substituents is 1. The van der Waals surface area contributed by atoms with Gasteiger partial charge in [-0.2, -0.15) is 0 Å². The van der Waals surface area contributed by atoms with Crippen LogP contribution in [0.15, 0.2) is 22.7 Å². The number of carbonyl (C=O) groups is 2. The van der Waals surface area contributed by atoms with E-state index in [0.29, 0.717) is 4.47 Å². The molecular formula is C11H11BrN2O6. The molecule has 0 radical (unpaired) electrons. The molecule has 1 aromatic carbocycles. The quantitative estimate of drug-likeness (QED) is 0.518. The monoisotopic (exact) mass is 346 g/mol. The van der Waals surface area contributed by atoms with Gasteiger partial charge in [0.15, 0.2) is 6.10 Å². The zero-order valence-corrected chi connectivity index (χ0v) is 11.7. The molecule has 1 rings (SSSR count). The Morgan fingerprint density at radius 2 is 2.10 bits per heavy atom. The second-order valence-electron chi connectivity index (χ2n) is 3.82. The van der Waals surface area contributed by atoms with Crippen LogP contribution in [0.2, 0.25) is 0 Å². The van der Waals surface area contributed by atoms with Crippen LogP contribution in [0.25, 0.3) is 0 Å². The summed E-state index contributed by atoms with van der Waals surface area (Å²) in [6.07, 6.45) is -1.72. The van der Waals surface area contributed by atoms with Crippen LogP contribution in [0.3, 0.4) is 0 Å². The number of aliphatic hydroxyl groups is 1. The van der Waals surface area contributed by atoms with E-state index < -0.39 is 22.9 Å². The standard InChI is InChI=1S/C11H11BrN2O6/c12-8-2-1-6(14(19)20)5-7(8)10(16)13-4-3-9(15)11(17)18/h1-2,5,9,15H,3-4H2,(H,13,16)(H,17,18)/t9-/m0/s1. The number of nitrogens with zero attached hydrogens (tertiary/aromatic N) is 1. The van der Waals surface area contributed by atoms with Gasteiger partial charge >= 0.3 is 5.97 Å². The van der Waals surface area contributed by atoms with Gasteiger partial charge in [-0.05, 0) is 22.0 Å². The molecule has 0 aromatic heterocycles. The topological polar surface area (TPSA) is 130 Å². The molecule has 0 aliphatic carbocycles. The third-order valence-electron chi connectivity index (χ3n) is 2.39. The molecule has 9 heteroatoms. The zero-order chi connectivity index (χ0) is 15.3. The number of amides is 1. The lowest BCUT2D eigenvalue weighted by Crippen LogP contribution is -2.30. The number of nitro groups is 1. The van der Waals surface area contributed by atoms with Crippen LogP contribution in [0.5, 0.6) is 0 Å². The van der Waals surface area contributed by atoms with Gasteiger partial charge in [-0.15, -0.1) is 0 Å². The molecule has 108 valence electrons. The number of hydrogen-bond donors (Lipinski definition) is 3. The summed E-state index contributed by atoms with van der Waals surface area (Å²) in [5.41, 5.74) is -0.173. The number of carboxylic acid groups (broad SMARTS) is 1. The number of halogens is 1. The van der Waals surface area contributed by atoms with Crippen LogP contribution < -0.4 is 5.32 Å². The SMILES string of the molecule is O=C(NCC[C@H](O)C(=O)O)c1cc([N+](=O)[O-])ccc1Br. The van der Waals surface area contributed by atoms with Crippen molar-refractivity contribution in [3.8, 4) is 0 Å². The fraction of sp³-hybridized carbons (Fsp3) is 0.273. The second kappa shape index (κ2) is 6.96. The van der Waals surface area contributed by atoms with E-state index in [9.17, 15) is 19.7 Å². The van der Waals surface area contributed by atoms with E-state index in [0.717, 1.165) is 6.07 Å². The van der Waals surface area contributed by atoms with Crippen molar-refractivity contribution in [2.45, 2.75) is 12.5 Å². The third-order valence-corrected chi connectivity index (χ3v) is 3.09. The van der Waals surface area contributed by atoms with Crippen LogP contribution in [-0.4, -0.2) is 39.7 Å². The van der Waals surface area contributed by atoms with Gasteiger partial charge in [0.25, 0.3) is 11.6 Å². The van der Waals surface area contributed by atoms with Crippen LogP contribution in [0.1, 0.15) is 16.8 Å². The molecule has 8 nitrogen and oxygen atoms in total. The summed E-state index contributed by atoms with van der Waals surface area (Å²) in [7, 11) is 0. The van der Waals surface area contributed by atoms with Gasteiger partial charge in [0, 0.05) is 29.6 Å². The lowest BCUT2D eigenvalue weighted by Gasteiger charge is -2.08. The van der Waals surface area contributed by atoms with E-state index in [2.05, 4.69) is 21.2 Å². The molecular weight excluding hydrogens is 336 g/mol. The minimum absolute atomic E-state index is 0.0593. The van der Waals surface area contributed by atoms with Crippen molar-refractivity contribution in [2.75, 3.05) is 6.54 Å². The molecule has 1 atom stereocenters. The van der Waals surface area contributed by atoms with E-state index in [1.807, 2.05) is 0 Å². The number of non-ortho nitro benzene ring substituents is 1. The molecule has 0 heterocycles. The van der Waals surface area contributed by atoms with Gasteiger partial charge in [-0.25, -0.2) is 4.79 Å². The Kier molecular flexibility index (Phi) is 5.59. The Morgan fingerprint density at radius 1 is 1.45 bits per heavy atom. The summed E-state index contributed by atoms with van der Waals surface area (Å²) in [6.45, 7) is -0.0680. The third kappa shape index (κ3) is 4.28. The molecule has 20 heavy (non-hydrogen) atoms. The Bertz CT molecular complexity index is 548. The van der Waals surface area contributed by atoms with Gasteiger partial charge in [0.2, 0.25) is 0 Å². The number of carbonyl (C=O) groups excluding carboxylic acids is 1. The lowest BCUT2D eigenvalue weighted by molar-refractivity contribution is -0.384. The smallest absolute Gasteiger partial charge is 0.332 e. The maximum absolute atomic E-state index is 11.8. The van der Waals surface area contributed by atoms with Crippen molar-refractivity contribution in [3.63, 3.8) is 0 Å². The summed E-state index contributed by atoms with van der Waals surface area (Å²) in [5.74, 6) is -1.98. The van der Waals surface area contributed by atoms with Gasteiger partial charge in [-0.1, -0.05) is 0 Å². The normalized spacial score (nSPS) is 11.7. The Labute approximate surface area is 121 Å². The molecule has 0 aliphatic rings. The number of hydrogen-bond acceptors (Lipinski definition) is 5. The van der Waals surface area contributed by atoms with E-state index in [-0.39, 0.29) is 24.2 Å². The summed E-state index contributed by atoms with van der Waals surface area (Å²) in [6, 6.07) is 3.72. The van der Waals surface area contributed by atoms with E-state index in [1.165, 1.54) is 12.1 Å². The Morgan fingerprint density at radius 3 is 2.65 bits per heavy atom. The van der Waals surface area contributed by atoms with E-state index >= 15 is 0 Å². The van der Waals surface area contributed by atoms with Gasteiger partial charge in [0.05, 0.1) is 10.5 Å².